The number of para-hydroxylation sites is 1. The summed E-state index contributed by atoms with van der Waals surface area (Å²) in [4.78, 5) is 21.7. The molecule has 4 aromatic rings. The summed E-state index contributed by atoms with van der Waals surface area (Å²) in [7, 11) is 0. The summed E-state index contributed by atoms with van der Waals surface area (Å²) in [6, 6.07) is 30.6. The van der Waals surface area contributed by atoms with Crippen LogP contribution in [0.5, 0.6) is 0 Å². The molecular weight excluding hydrogens is 406 g/mol. The molecule has 3 N–H and O–H groups in total. The van der Waals surface area contributed by atoms with Crippen molar-refractivity contribution in [3.63, 3.8) is 0 Å². The lowest BCUT2D eigenvalue weighted by Crippen LogP contribution is -2.44. The third-order valence-corrected chi connectivity index (χ3v) is 4.59. The summed E-state index contributed by atoms with van der Waals surface area (Å²) in [6.07, 6.45) is 0. The zero-order chi connectivity index (χ0) is 21.5. The number of carbonyl (C=O) groups is 1. The van der Waals surface area contributed by atoms with Crippen LogP contribution in [0, 0.1) is 0 Å². The van der Waals surface area contributed by atoms with Gasteiger partial charge in [0.15, 0.2) is 5.11 Å². The first-order chi connectivity index (χ1) is 15.2. The highest BCUT2D eigenvalue weighted by Crippen LogP contribution is 2.23. The van der Waals surface area contributed by atoms with E-state index in [0.29, 0.717) is 11.4 Å². The van der Waals surface area contributed by atoms with Crippen LogP contribution in [0.2, 0.25) is 0 Å². The molecular formula is C24H19N5OS. The fourth-order valence-corrected chi connectivity index (χ4v) is 3.08. The summed E-state index contributed by atoms with van der Waals surface area (Å²) < 4.78 is 0. The SMILES string of the molecule is O=C(NNC(=S)Nc1ccccc1)c1nc(-c2ccccc2)cc(-c2ccccc2)n1. The van der Waals surface area contributed by atoms with Crippen LogP contribution in [0.15, 0.2) is 97.1 Å². The van der Waals surface area contributed by atoms with E-state index in [4.69, 9.17) is 12.2 Å². The molecule has 7 heteroatoms. The van der Waals surface area contributed by atoms with Gasteiger partial charge in [0.05, 0.1) is 11.4 Å². The van der Waals surface area contributed by atoms with E-state index in [2.05, 4.69) is 26.1 Å². The number of thiocarbonyl (C=S) groups is 1. The lowest BCUT2D eigenvalue weighted by atomic mass is 10.1. The zero-order valence-electron chi connectivity index (χ0n) is 16.4. The van der Waals surface area contributed by atoms with E-state index in [1.54, 1.807) is 0 Å². The van der Waals surface area contributed by atoms with Gasteiger partial charge in [-0.2, -0.15) is 0 Å². The van der Waals surface area contributed by atoms with Crippen LogP contribution in [-0.2, 0) is 0 Å². The van der Waals surface area contributed by atoms with E-state index in [1.807, 2.05) is 97.1 Å². The molecule has 0 aliphatic carbocycles. The lowest BCUT2D eigenvalue weighted by molar-refractivity contribution is 0.0934. The quantitative estimate of drug-likeness (QED) is 0.331. The van der Waals surface area contributed by atoms with Gasteiger partial charge in [-0.1, -0.05) is 78.9 Å². The maximum atomic E-state index is 12.8. The molecule has 4 rings (SSSR count). The molecule has 3 aromatic carbocycles. The predicted octanol–water partition coefficient (Wildman–Crippen LogP) is 4.44. The minimum absolute atomic E-state index is 0.0372. The van der Waals surface area contributed by atoms with Gasteiger partial charge in [-0.25, -0.2) is 9.97 Å². The summed E-state index contributed by atoms with van der Waals surface area (Å²) >= 11 is 5.23. The van der Waals surface area contributed by atoms with Crippen LogP contribution < -0.4 is 16.2 Å². The van der Waals surface area contributed by atoms with E-state index in [0.717, 1.165) is 16.8 Å². The Morgan fingerprint density at radius 2 is 1.16 bits per heavy atom. The second-order valence-electron chi connectivity index (χ2n) is 6.59. The number of nitrogens with zero attached hydrogens (tertiary/aromatic N) is 2. The molecule has 0 radical (unpaired) electrons. The van der Waals surface area contributed by atoms with Crippen LogP contribution in [-0.4, -0.2) is 21.0 Å². The van der Waals surface area contributed by atoms with Gasteiger partial charge in [0.2, 0.25) is 5.82 Å². The third-order valence-electron chi connectivity index (χ3n) is 4.39. The second-order valence-corrected chi connectivity index (χ2v) is 7.00. The number of rotatable bonds is 4. The topological polar surface area (TPSA) is 78.9 Å². The Hall–Kier alpha value is -4.10. The number of benzene rings is 3. The molecule has 0 unspecified atom stereocenters. The van der Waals surface area contributed by atoms with E-state index >= 15 is 0 Å². The second kappa shape index (κ2) is 9.60. The van der Waals surface area contributed by atoms with Gasteiger partial charge >= 0.3 is 5.91 Å². The van der Waals surface area contributed by atoms with Crippen molar-refractivity contribution in [3.8, 4) is 22.5 Å². The van der Waals surface area contributed by atoms with Gasteiger partial charge < -0.3 is 5.32 Å². The predicted molar refractivity (Wildman–Crippen MR) is 126 cm³/mol. The lowest BCUT2D eigenvalue weighted by Gasteiger charge is -2.12. The Morgan fingerprint density at radius 1 is 0.677 bits per heavy atom. The summed E-state index contributed by atoms with van der Waals surface area (Å²) in [5, 5.41) is 3.24. The van der Waals surface area contributed by atoms with E-state index in [9.17, 15) is 4.79 Å². The number of nitrogens with one attached hydrogen (secondary N) is 3. The van der Waals surface area contributed by atoms with Crippen molar-refractivity contribution >= 4 is 28.9 Å². The van der Waals surface area contributed by atoms with Gasteiger partial charge in [-0.3, -0.25) is 15.6 Å². The van der Waals surface area contributed by atoms with Crippen LogP contribution in [0.25, 0.3) is 22.5 Å². The number of anilines is 1. The highest BCUT2D eigenvalue weighted by Gasteiger charge is 2.15. The molecule has 1 heterocycles. The van der Waals surface area contributed by atoms with Gasteiger partial charge in [0.1, 0.15) is 0 Å². The van der Waals surface area contributed by atoms with Crippen LogP contribution in [0.1, 0.15) is 10.6 Å². The Labute approximate surface area is 185 Å². The molecule has 0 aliphatic rings. The van der Waals surface area contributed by atoms with Gasteiger partial charge in [0.25, 0.3) is 0 Å². The Kier molecular flexibility index (Phi) is 6.25. The monoisotopic (exact) mass is 425 g/mol. The fourth-order valence-electron chi connectivity index (χ4n) is 2.92. The molecule has 1 amide bonds. The highest BCUT2D eigenvalue weighted by atomic mass is 32.1. The van der Waals surface area contributed by atoms with Gasteiger partial charge in [-0.15, -0.1) is 0 Å². The van der Waals surface area contributed by atoms with Crippen LogP contribution in [0.3, 0.4) is 0 Å². The molecule has 0 bridgehead atoms. The third kappa shape index (κ3) is 5.29. The van der Waals surface area contributed by atoms with Gasteiger partial charge in [-0.05, 0) is 30.4 Å². The van der Waals surface area contributed by atoms with Gasteiger partial charge in [0, 0.05) is 16.8 Å². The molecule has 0 saturated heterocycles. The standard InChI is InChI=1S/C24H19N5OS/c30-23(28-29-24(31)25-19-14-8-3-9-15-19)22-26-20(17-10-4-1-5-11-17)16-21(27-22)18-12-6-2-7-13-18/h1-16H,(H,28,30)(H2,25,29,31). The molecule has 0 atom stereocenters. The Balaban J connectivity index is 1.56. The minimum atomic E-state index is -0.493. The zero-order valence-corrected chi connectivity index (χ0v) is 17.3. The molecule has 31 heavy (non-hydrogen) atoms. The molecule has 0 fully saturated rings. The number of hydrogen-bond acceptors (Lipinski definition) is 4. The molecule has 1 aromatic heterocycles. The molecule has 152 valence electrons. The number of hydrazine groups is 1. The first-order valence-electron chi connectivity index (χ1n) is 9.61. The van der Waals surface area contributed by atoms with Crippen molar-refractivity contribution in [1.29, 1.82) is 0 Å². The molecule has 0 aliphatic heterocycles. The Bertz CT molecular complexity index is 1130. The average Bonchev–Trinajstić information content (AvgIpc) is 2.84. The van der Waals surface area contributed by atoms with Crippen LogP contribution in [0.4, 0.5) is 5.69 Å². The van der Waals surface area contributed by atoms with E-state index in [1.165, 1.54) is 0 Å². The molecule has 0 spiro atoms. The van der Waals surface area contributed by atoms with Crippen molar-refractivity contribution < 1.29 is 4.79 Å². The largest absolute Gasteiger partial charge is 0.331 e. The fraction of sp³-hybridized carbons (Fsp3) is 0. The maximum absolute atomic E-state index is 12.8. The number of hydrogen-bond donors (Lipinski definition) is 3. The van der Waals surface area contributed by atoms with Crippen molar-refractivity contribution in [3.05, 3.63) is 103 Å². The summed E-state index contributed by atoms with van der Waals surface area (Å²) in [6.45, 7) is 0. The minimum Gasteiger partial charge on any atom is -0.331 e. The van der Waals surface area contributed by atoms with E-state index in [-0.39, 0.29) is 10.9 Å². The van der Waals surface area contributed by atoms with E-state index < -0.39 is 5.91 Å². The van der Waals surface area contributed by atoms with Crippen LogP contribution >= 0.6 is 12.2 Å². The first kappa shape index (κ1) is 20.2. The average molecular weight is 426 g/mol. The molecule has 0 saturated carbocycles. The number of aromatic nitrogens is 2. The Morgan fingerprint density at radius 3 is 1.68 bits per heavy atom. The first-order valence-corrected chi connectivity index (χ1v) is 10.0. The van der Waals surface area contributed by atoms with Crippen molar-refractivity contribution in [2.24, 2.45) is 0 Å². The number of carbonyl (C=O) groups excluding carboxylic acids is 1. The van der Waals surface area contributed by atoms with Crippen molar-refractivity contribution in [2.75, 3.05) is 5.32 Å². The van der Waals surface area contributed by atoms with Crippen molar-refractivity contribution in [1.82, 2.24) is 20.8 Å². The molecule has 6 nitrogen and oxygen atoms in total. The smallest absolute Gasteiger partial charge is 0.307 e. The number of amides is 1. The summed E-state index contributed by atoms with van der Waals surface area (Å²) in [5.74, 6) is -0.456. The van der Waals surface area contributed by atoms with Crippen molar-refractivity contribution in [2.45, 2.75) is 0 Å². The normalized spacial score (nSPS) is 10.2. The highest BCUT2D eigenvalue weighted by molar-refractivity contribution is 7.80. The maximum Gasteiger partial charge on any atom is 0.307 e. The summed E-state index contributed by atoms with van der Waals surface area (Å²) in [5.41, 5.74) is 9.16.